The molecule has 2 rings (SSSR count). The fourth-order valence-electron chi connectivity index (χ4n) is 1.25. The summed E-state index contributed by atoms with van der Waals surface area (Å²) in [6, 6.07) is 4.04. The summed E-state index contributed by atoms with van der Waals surface area (Å²) in [5.41, 5.74) is 2.92. The standard InChI is InChI=1S/C10H12N4/c1-3-8-4-5-9(11-6-8)10-7-12-14(2)13-10/h4-7H,3H2,1-2H3. The molecule has 2 aromatic rings. The maximum absolute atomic E-state index is 4.32. The van der Waals surface area contributed by atoms with Crippen LogP contribution in [-0.2, 0) is 13.5 Å². The van der Waals surface area contributed by atoms with Gasteiger partial charge < -0.3 is 0 Å². The van der Waals surface area contributed by atoms with Crippen molar-refractivity contribution in [2.75, 3.05) is 0 Å². The number of aryl methyl sites for hydroxylation is 2. The lowest BCUT2D eigenvalue weighted by molar-refractivity contribution is 0.655. The zero-order valence-electron chi connectivity index (χ0n) is 8.31. The molecule has 0 aliphatic carbocycles. The minimum absolute atomic E-state index is 0.815. The summed E-state index contributed by atoms with van der Waals surface area (Å²) in [5, 5.41) is 8.18. The van der Waals surface area contributed by atoms with Gasteiger partial charge in [-0.05, 0) is 18.1 Å². The third-order valence-corrected chi connectivity index (χ3v) is 2.10. The Hall–Kier alpha value is -1.71. The van der Waals surface area contributed by atoms with Crippen LogP contribution in [0.15, 0.2) is 24.5 Å². The van der Waals surface area contributed by atoms with E-state index in [2.05, 4.69) is 28.2 Å². The van der Waals surface area contributed by atoms with Gasteiger partial charge in [0.15, 0.2) is 0 Å². The Morgan fingerprint density at radius 3 is 2.57 bits per heavy atom. The highest BCUT2D eigenvalue weighted by molar-refractivity contribution is 5.51. The molecule has 0 aliphatic rings. The van der Waals surface area contributed by atoms with Crippen LogP contribution >= 0.6 is 0 Å². The molecular weight excluding hydrogens is 176 g/mol. The van der Waals surface area contributed by atoms with Gasteiger partial charge in [-0.15, -0.1) is 0 Å². The molecule has 4 nitrogen and oxygen atoms in total. The summed E-state index contributed by atoms with van der Waals surface area (Å²) in [4.78, 5) is 5.85. The molecule has 0 fully saturated rings. The molecule has 0 saturated heterocycles. The fourth-order valence-corrected chi connectivity index (χ4v) is 1.25. The Morgan fingerprint density at radius 2 is 2.07 bits per heavy atom. The highest BCUT2D eigenvalue weighted by Crippen LogP contribution is 2.12. The first-order valence-electron chi connectivity index (χ1n) is 4.61. The van der Waals surface area contributed by atoms with Crippen LogP contribution in [0.25, 0.3) is 11.4 Å². The van der Waals surface area contributed by atoms with Gasteiger partial charge in [0.2, 0.25) is 0 Å². The second-order valence-corrected chi connectivity index (χ2v) is 3.12. The van der Waals surface area contributed by atoms with Crippen molar-refractivity contribution in [3.8, 4) is 11.4 Å². The molecule has 0 unspecified atom stereocenters. The summed E-state index contributed by atoms with van der Waals surface area (Å²) >= 11 is 0. The van der Waals surface area contributed by atoms with Crippen molar-refractivity contribution in [3.05, 3.63) is 30.1 Å². The van der Waals surface area contributed by atoms with Crippen LogP contribution in [0, 0.1) is 0 Å². The summed E-state index contributed by atoms with van der Waals surface area (Å²) in [6.45, 7) is 2.11. The number of rotatable bonds is 2. The quantitative estimate of drug-likeness (QED) is 0.716. The zero-order chi connectivity index (χ0) is 9.97. The maximum atomic E-state index is 4.32. The first kappa shape index (κ1) is 8.87. The van der Waals surface area contributed by atoms with Crippen molar-refractivity contribution < 1.29 is 0 Å². The van der Waals surface area contributed by atoms with E-state index >= 15 is 0 Å². The molecular formula is C10H12N4. The van der Waals surface area contributed by atoms with Crippen molar-refractivity contribution in [1.29, 1.82) is 0 Å². The average Bonchev–Trinajstić information content (AvgIpc) is 2.65. The van der Waals surface area contributed by atoms with E-state index in [0.717, 1.165) is 17.8 Å². The number of pyridine rings is 1. The van der Waals surface area contributed by atoms with Gasteiger partial charge in [0, 0.05) is 13.2 Å². The smallest absolute Gasteiger partial charge is 0.131 e. The Kier molecular flexibility index (Phi) is 2.26. The third-order valence-electron chi connectivity index (χ3n) is 2.10. The summed E-state index contributed by atoms with van der Waals surface area (Å²) < 4.78 is 0. The molecule has 4 heteroatoms. The van der Waals surface area contributed by atoms with Gasteiger partial charge in [-0.25, -0.2) is 0 Å². The average molecular weight is 188 g/mol. The Morgan fingerprint density at radius 1 is 1.21 bits per heavy atom. The minimum Gasteiger partial charge on any atom is -0.254 e. The van der Waals surface area contributed by atoms with Gasteiger partial charge in [0.25, 0.3) is 0 Å². The second kappa shape index (κ2) is 3.57. The van der Waals surface area contributed by atoms with E-state index in [1.54, 1.807) is 13.2 Å². The number of hydrogen-bond donors (Lipinski definition) is 0. The van der Waals surface area contributed by atoms with Crippen molar-refractivity contribution in [2.45, 2.75) is 13.3 Å². The van der Waals surface area contributed by atoms with Gasteiger partial charge >= 0.3 is 0 Å². The first-order chi connectivity index (χ1) is 6.79. The topological polar surface area (TPSA) is 43.6 Å². The lowest BCUT2D eigenvalue weighted by Gasteiger charge is -1.97. The van der Waals surface area contributed by atoms with E-state index in [4.69, 9.17) is 0 Å². The molecule has 72 valence electrons. The summed E-state index contributed by atoms with van der Waals surface area (Å²) in [5.74, 6) is 0. The monoisotopic (exact) mass is 188 g/mol. The molecule has 2 aromatic heterocycles. The fraction of sp³-hybridized carbons (Fsp3) is 0.300. The largest absolute Gasteiger partial charge is 0.254 e. The maximum Gasteiger partial charge on any atom is 0.131 e. The van der Waals surface area contributed by atoms with E-state index in [0.29, 0.717) is 0 Å². The van der Waals surface area contributed by atoms with E-state index < -0.39 is 0 Å². The molecule has 2 heterocycles. The summed E-state index contributed by atoms with van der Waals surface area (Å²) in [7, 11) is 1.80. The number of aromatic nitrogens is 4. The Bertz CT molecular complexity index is 416. The Labute approximate surface area is 82.6 Å². The van der Waals surface area contributed by atoms with E-state index in [1.807, 2.05) is 12.3 Å². The molecule has 0 atom stereocenters. The predicted molar refractivity (Wildman–Crippen MR) is 53.6 cm³/mol. The van der Waals surface area contributed by atoms with Crippen LogP contribution in [0.3, 0.4) is 0 Å². The highest BCUT2D eigenvalue weighted by atomic mass is 15.4. The van der Waals surface area contributed by atoms with Crippen LogP contribution < -0.4 is 0 Å². The van der Waals surface area contributed by atoms with Gasteiger partial charge in [-0.2, -0.15) is 15.0 Å². The first-order valence-corrected chi connectivity index (χ1v) is 4.61. The molecule has 0 radical (unpaired) electrons. The number of nitrogens with zero attached hydrogens (tertiary/aromatic N) is 4. The zero-order valence-corrected chi connectivity index (χ0v) is 8.31. The van der Waals surface area contributed by atoms with Gasteiger partial charge in [0.05, 0.1) is 11.9 Å². The molecule has 0 aliphatic heterocycles. The third kappa shape index (κ3) is 1.64. The SMILES string of the molecule is CCc1ccc(-c2cnn(C)n2)nc1. The molecule has 0 N–H and O–H groups in total. The van der Waals surface area contributed by atoms with Crippen LogP contribution in [0.5, 0.6) is 0 Å². The highest BCUT2D eigenvalue weighted by Gasteiger charge is 2.02. The molecule has 14 heavy (non-hydrogen) atoms. The molecule has 0 spiro atoms. The van der Waals surface area contributed by atoms with E-state index in [-0.39, 0.29) is 0 Å². The Balaban J connectivity index is 2.33. The summed E-state index contributed by atoms with van der Waals surface area (Å²) in [6.07, 6.45) is 4.60. The van der Waals surface area contributed by atoms with Crippen molar-refractivity contribution in [3.63, 3.8) is 0 Å². The number of hydrogen-bond acceptors (Lipinski definition) is 3. The van der Waals surface area contributed by atoms with Crippen molar-refractivity contribution in [2.24, 2.45) is 7.05 Å². The van der Waals surface area contributed by atoms with E-state index in [1.165, 1.54) is 10.4 Å². The van der Waals surface area contributed by atoms with Crippen LogP contribution in [0.2, 0.25) is 0 Å². The van der Waals surface area contributed by atoms with E-state index in [9.17, 15) is 0 Å². The second-order valence-electron chi connectivity index (χ2n) is 3.12. The van der Waals surface area contributed by atoms with Crippen LogP contribution in [-0.4, -0.2) is 20.0 Å². The van der Waals surface area contributed by atoms with Crippen molar-refractivity contribution in [1.82, 2.24) is 20.0 Å². The predicted octanol–water partition coefficient (Wildman–Crippen LogP) is 1.44. The van der Waals surface area contributed by atoms with Gasteiger partial charge in [-0.3, -0.25) is 4.98 Å². The molecule has 0 amide bonds. The molecule has 0 bridgehead atoms. The normalized spacial score (nSPS) is 10.4. The molecule has 0 aromatic carbocycles. The van der Waals surface area contributed by atoms with Crippen LogP contribution in [0.1, 0.15) is 12.5 Å². The molecule has 0 saturated carbocycles. The lowest BCUT2D eigenvalue weighted by Crippen LogP contribution is -1.92. The lowest BCUT2D eigenvalue weighted by atomic mass is 10.2. The van der Waals surface area contributed by atoms with Gasteiger partial charge in [0.1, 0.15) is 5.69 Å². The van der Waals surface area contributed by atoms with Crippen molar-refractivity contribution >= 4 is 0 Å². The van der Waals surface area contributed by atoms with Crippen LogP contribution in [0.4, 0.5) is 0 Å². The minimum atomic E-state index is 0.815. The van der Waals surface area contributed by atoms with Gasteiger partial charge in [-0.1, -0.05) is 13.0 Å².